The molecule has 4 nitrogen and oxygen atoms in total. The highest BCUT2D eigenvalue weighted by atomic mass is 16.6. The second-order valence-corrected chi connectivity index (χ2v) is 3.61. The lowest BCUT2D eigenvalue weighted by atomic mass is 10.2. The Morgan fingerprint density at radius 1 is 1.50 bits per heavy atom. The minimum Gasteiger partial charge on any atom is -0.309 e. The van der Waals surface area contributed by atoms with Crippen molar-refractivity contribution in [3.8, 4) is 12.3 Å². The third kappa shape index (κ3) is 3.71. The number of non-ortho nitro benzene ring substituents is 1. The summed E-state index contributed by atoms with van der Waals surface area (Å²) in [5, 5.41) is 13.7. The molecular weight excluding hydrogens is 204 g/mol. The van der Waals surface area contributed by atoms with Gasteiger partial charge in [-0.2, -0.15) is 0 Å². The Bertz CT molecular complexity index is 392. The van der Waals surface area contributed by atoms with Crippen LogP contribution in [0, 0.1) is 22.5 Å². The van der Waals surface area contributed by atoms with Crippen molar-refractivity contribution in [2.24, 2.45) is 0 Å². The highest BCUT2D eigenvalue weighted by Gasteiger charge is 2.04. The standard InChI is InChI=1S/C12H14N2O2/c1-3-4-10(2)13-9-11-5-7-12(8-6-11)14(15)16/h1,5-8,10,13H,4,9H2,2H3. The van der Waals surface area contributed by atoms with E-state index in [0.717, 1.165) is 5.56 Å². The number of benzene rings is 1. The first-order valence-corrected chi connectivity index (χ1v) is 5.03. The molecule has 0 heterocycles. The zero-order valence-electron chi connectivity index (χ0n) is 9.14. The van der Waals surface area contributed by atoms with E-state index in [1.54, 1.807) is 12.1 Å². The number of rotatable bonds is 5. The number of nitrogens with one attached hydrogen (secondary N) is 1. The van der Waals surface area contributed by atoms with E-state index >= 15 is 0 Å². The topological polar surface area (TPSA) is 55.2 Å². The van der Waals surface area contributed by atoms with Gasteiger partial charge in [0.2, 0.25) is 0 Å². The molecule has 1 rings (SSSR count). The fourth-order valence-electron chi connectivity index (χ4n) is 1.28. The van der Waals surface area contributed by atoms with Gasteiger partial charge in [-0.15, -0.1) is 12.3 Å². The van der Waals surface area contributed by atoms with Crippen LogP contribution in [0.5, 0.6) is 0 Å². The molecule has 0 radical (unpaired) electrons. The molecule has 0 saturated heterocycles. The lowest BCUT2D eigenvalue weighted by Gasteiger charge is -2.10. The molecule has 0 aliphatic carbocycles. The summed E-state index contributed by atoms with van der Waals surface area (Å²) >= 11 is 0. The van der Waals surface area contributed by atoms with Gasteiger partial charge in [0.15, 0.2) is 0 Å². The van der Waals surface area contributed by atoms with E-state index in [-0.39, 0.29) is 11.7 Å². The average molecular weight is 218 g/mol. The van der Waals surface area contributed by atoms with Crippen molar-refractivity contribution in [1.29, 1.82) is 0 Å². The van der Waals surface area contributed by atoms with E-state index in [2.05, 4.69) is 11.2 Å². The third-order valence-electron chi connectivity index (χ3n) is 2.23. The summed E-state index contributed by atoms with van der Waals surface area (Å²) in [6.45, 7) is 2.67. The molecule has 16 heavy (non-hydrogen) atoms. The van der Waals surface area contributed by atoms with Gasteiger partial charge in [-0.1, -0.05) is 12.1 Å². The highest BCUT2D eigenvalue weighted by molar-refractivity contribution is 5.32. The molecule has 0 bridgehead atoms. The van der Waals surface area contributed by atoms with Crippen LogP contribution in [0.25, 0.3) is 0 Å². The lowest BCUT2D eigenvalue weighted by Crippen LogP contribution is -2.24. The lowest BCUT2D eigenvalue weighted by molar-refractivity contribution is -0.384. The summed E-state index contributed by atoms with van der Waals surface area (Å²) in [4.78, 5) is 10.0. The van der Waals surface area contributed by atoms with Gasteiger partial charge >= 0.3 is 0 Å². The van der Waals surface area contributed by atoms with Crippen LogP contribution in [-0.2, 0) is 6.54 Å². The molecule has 0 aliphatic heterocycles. The molecule has 1 unspecified atom stereocenters. The van der Waals surface area contributed by atoms with Crippen LogP contribution in [0.2, 0.25) is 0 Å². The molecule has 1 N–H and O–H groups in total. The minimum atomic E-state index is -0.405. The number of nitrogens with zero attached hydrogens (tertiary/aromatic N) is 1. The monoisotopic (exact) mass is 218 g/mol. The van der Waals surface area contributed by atoms with Crippen LogP contribution in [0.1, 0.15) is 18.9 Å². The number of nitro groups is 1. The van der Waals surface area contributed by atoms with Crippen molar-refractivity contribution in [2.45, 2.75) is 25.9 Å². The normalized spacial score (nSPS) is 11.8. The second kappa shape index (κ2) is 5.89. The number of hydrogen-bond donors (Lipinski definition) is 1. The number of nitro benzene ring substituents is 1. The Labute approximate surface area is 94.8 Å². The molecule has 1 atom stereocenters. The van der Waals surface area contributed by atoms with E-state index in [1.165, 1.54) is 12.1 Å². The first kappa shape index (κ1) is 12.2. The van der Waals surface area contributed by atoms with Crippen molar-refractivity contribution in [1.82, 2.24) is 5.32 Å². The van der Waals surface area contributed by atoms with E-state index in [1.807, 2.05) is 6.92 Å². The van der Waals surface area contributed by atoms with Crippen LogP contribution >= 0.6 is 0 Å². The molecular formula is C12H14N2O2. The van der Waals surface area contributed by atoms with Crippen LogP contribution < -0.4 is 5.32 Å². The summed E-state index contributed by atoms with van der Waals surface area (Å²) < 4.78 is 0. The van der Waals surface area contributed by atoms with Gasteiger partial charge < -0.3 is 5.32 Å². The molecule has 0 saturated carbocycles. The molecule has 0 spiro atoms. The maximum Gasteiger partial charge on any atom is 0.269 e. The van der Waals surface area contributed by atoms with Crippen molar-refractivity contribution in [3.63, 3.8) is 0 Å². The maximum absolute atomic E-state index is 10.4. The molecule has 0 aromatic heterocycles. The molecule has 1 aromatic carbocycles. The van der Waals surface area contributed by atoms with E-state index in [4.69, 9.17) is 6.42 Å². The summed E-state index contributed by atoms with van der Waals surface area (Å²) in [6, 6.07) is 6.74. The van der Waals surface area contributed by atoms with Gasteiger partial charge in [0, 0.05) is 31.1 Å². The number of hydrogen-bond acceptors (Lipinski definition) is 3. The molecule has 4 heteroatoms. The largest absolute Gasteiger partial charge is 0.309 e. The van der Waals surface area contributed by atoms with Crippen LogP contribution in [-0.4, -0.2) is 11.0 Å². The first-order valence-electron chi connectivity index (χ1n) is 5.03. The van der Waals surface area contributed by atoms with Gasteiger partial charge in [-0.3, -0.25) is 10.1 Å². The predicted octanol–water partition coefficient (Wildman–Crippen LogP) is 2.10. The number of terminal acetylenes is 1. The fourth-order valence-corrected chi connectivity index (χ4v) is 1.28. The van der Waals surface area contributed by atoms with Gasteiger partial charge in [0.1, 0.15) is 0 Å². The zero-order valence-corrected chi connectivity index (χ0v) is 9.14. The van der Waals surface area contributed by atoms with Crippen molar-refractivity contribution in [2.75, 3.05) is 0 Å². The quantitative estimate of drug-likeness (QED) is 0.467. The highest BCUT2D eigenvalue weighted by Crippen LogP contribution is 2.11. The Morgan fingerprint density at radius 2 is 2.12 bits per heavy atom. The molecule has 1 aromatic rings. The predicted molar refractivity (Wildman–Crippen MR) is 62.8 cm³/mol. The van der Waals surface area contributed by atoms with Crippen LogP contribution in [0.15, 0.2) is 24.3 Å². The first-order chi connectivity index (χ1) is 7.63. The molecule has 84 valence electrons. The van der Waals surface area contributed by atoms with E-state index < -0.39 is 4.92 Å². The summed E-state index contributed by atoms with van der Waals surface area (Å²) in [6.07, 6.45) is 5.86. The Hall–Kier alpha value is -1.86. The summed E-state index contributed by atoms with van der Waals surface area (Å²) in [5.74, 6) is 2.58. The Kier molecular flexibility index (Phi) is 4.49. The second-order valence-electron chi connectivity index (χ2n) is 3.61. The van der Waals surface area contributed by atoms with E-state index in [0.29, 0.717) is 13.0 Å². The third-order valence-corrected chi connectivity index (χ3v) is 2.23. The van der Waals surface area contributed by atoms with Gasteiger partial charge in [-0.25, -0.2) is 0 Å². The smallest absolute Gasteiger partial charge is 0.269 e. The van der Waals surface area contributed by atoms with Gasteiger partial charge in [-0.05, 0) is 12.5 Å². The molecule has 0 aliphatic rings. The molecule has 0 fully saturated rings. The van der Waals surface area contributed by atoms with Crippen LogP contribution in [0.3, 0.4) is 0 Å². The average Bonchev–Trinajstić information content (AvgIpc) is 2.27. The van der Waals surface area contributed by atoms with Crippen molar-refractivity contribution in [3.05, 3.63) is 39.9 Å². The molecule has 0 amide bonds. The van der Waals surface area contributed by atoms with Crippen molar-refractivity contribution < 1.29 is 4.92 Å². The maximum atomic E-state index is 10.4. The minimum absolute atomic E-state index is 0.112. The SMILES string of the molecule is C#CCC(C)NCc1ccc([N+](=O)[O-])cc1. The Morgan fingerprint density at radius 3 is 2.62 bits per heavy atom. The summed E-state index contributed by atoms with van der Waals surface area (Å²) in [5.41, 5.74) is 1.12. The van der Waals surface area contributed by atoms with Crippen LogP contribution in [0.4, 0.5) is 5.69 Å². The van der Waals surface area contributed by atoms with Gasteiger partial charge in [0.25, 0.3) is 5.69 Å². The summed E-state index contributed by atoms with van der Waals surface area (Å²) in [7, 11) is 0. The Balaban J connectivity index is 2.50. The zero-order chi connectivity index (χ0) is 12.0. The van der Waals surface area contributed by atoms with Gasteiger partial charge in [0.05, 0.1) is 4.92 Å². The van der Waals surface area contributed by atoms with E-state index in [9.17, 15) is 10.1 Å². The van der Waals surface area contributed by atoms with Crippen molar-refractivity contribution >= 4 is 5.69 Å². The fraction of sp³-hybridized carbons (Fsp3) is 0.333.